The van der Waals surface area contributed by atoms with E-state index in [1.54, 1.807) is 70.9 Å². The first kappa shape index (κ1) is 80.7. The second-order valence-corrected chi connectivity index (χ2v) is 32.6. The highest BCUT2D eigenvalue weighted by atomic mass is 35.5. The van der Waals surface area contributed by atoms with E-state index in [0.29, 0.717) is 66.7 Å². The number of nitrogens with zero attached hydrogens (tertiary/aromatic N) is 24. The average molecular weight is 1630 g/mol. The monoisotopic (exact) mass is 1630 g/mol. The number of hydrogen-bond donors (Lipinski definition) is 4. The Kier molecular flexibility index (Phi) is 26.6. The number of aromatic amines is 2. The molecule has 109 heavy (non-hydrogen) atoms. The molecule has 4 aromatic carbocycles. The number of amides is 3. The maximum absolute atomic E-state index is 13.0. The minimum absolute atomic E-state index is 0.0622. The molecule has 1 aliphatic heterocycles. The summed E-state index contributed by atoms with van der Waals surface area (Å²) in [6, 6.07) is 20.4. The van der Waals surface area contributed by atoms with Crippen LogP contribution in [0.4, 0.5) is 43.3 Å². The van der Waals surface area contributed by atoms with Crippen molar-refractivity contribution in [1.82, 2.24) is 84.0 Å². The predicted octanol–water partition coefficient (Wildman–Crippen LogP) is 16.6. The number of sulfone groups is 1. The number of phenolic OH excluding ortho intramolecular Hbond substituents is 1. The fraction of sp³-hybridized carbons (Fsp3) is 0.318. The predicted molar refractivity (Wildman–Crippen MR) is 416 cm³/mol. The molecule has 12 aromatic rings. The number of thioether (sulfide) groups is 2. The summed E-state index contributed by atoms with van der Waals surface area (Å²) >= 11 is 14.2. The van der Waals surface area contributed by atoms with Gasteiger partial charge in [-0.3, -0.25) is 29.5 Å². The number of aromatic hydroxyl groups is 1. The van der Waals surface area contributed by atoms with E-state index in [9.17, 15) is 32.7 Å². The lowest BCUT2D eigenvalue weighted by atomic mass is 9.91. The molecule has 4 N–H and O–H groups in total. The molecule has 43 heteroatoms. The van der Waals surface area contributed by atoms with Gasteiger partial charge in [-0.2, -0.15) is 33.1 Å². The lowest BCUT2D eigenvalue weighted by Crippen LogP contribution is -2.48. The van der Waals surface area contributed by atoms with Crippen molar-refractivity contribution in [2.45, 2.75) is 121 Å². The second kappa shape index (κ2) is 35.9. The van der Waals surface area contributed by atoms with Crippen LogP contribution < -0.4 is 10.2 Å². The van der Waals surface area contributed by atoms with E-state index in [-0.39, 0.29) is 73.1 Å². The van der Waals surface area contributed by atoms with E-state index in [0.717, 1.165) is 77.9 Å². The van der Waals surface area contributed by atoms with Crippen LogP contribution in [0.5, 0.6) is 5.75 Å². The maximum Gasteiger partial charge on any atom is 0.338 e. The van der Waals surface area contributed by atoms with E-state index in [1.807, 2.05) is 38.1 Å². The molecule has 0 saturated heterocycles. The fourth-order valence-electron chi connectivity index (χ4n) is 9.70. The van der Waals surface area contributed by atoms with Crippen molar-refractivity contribution >= 4 is 180 Å². The molecule has 9 heterocycles. The van der Waals surface area contributed by atoms with Crippen LogP contribution in [0.3, 0.4) is 0 Å². The third-order valence-corrected chi connectivity index (χ3v) is 20.6. The summed E-state index contributed by atoms with van der Waals surface area (Å²) in [5.74, 6) is 1.29. The van der Waals surface area contributed by atoms with Crippen molar-refractivity contribution < 1.29 is 37.4 Å². The van der Waals surface area contributed by atoms with Crippen molar-refractivity contribution in [2.24, 2.45) is 40.9 Å². The lowest BCUT2D eigenvalue weighted by Gasteiger charge is -2.29. The van der Waals surface area contributed by atoms with Crippen LogP contribution in [0.25, 0.3) is 38.2 Å². The Morgan fingerprint density at radius 3 is 2.03 bits per heavy atom. The van der Waals surface area contributed by atoms with E-state index in [1.165, 1.54) is 65.6 Å². The second-order valence-electron chi connectivity index (χ2n) is 24.4. The minimum atomic E-state index is -3.53. The van der Waals surface area contributed by atoms with Crippen molar-refractivity contribution in [3.63, 3.8) is 0 Å². The molecule has 0 saturated carbocycles. The zero-order valence-electron chi connectivity index (χ0n) is 60.4. The van der Waals surface area contributed by atoms with Crippen LogP contribution in [-0.2, 0) is 29.6 Å². The summed E-state index contributed by atoms with van der Waals surface area (Å²) in [4.78, 5) is 71.3. The molecule has 0 radical (unpaired) electrons. The number of carbonyl (C=O) groups excluding carboxylic acids is 4. The smallest absolute Gasteiger partial charge is 0.338 e. The quantitative estimate of drug-likeness (QED) is 0.0171. The molecule has 0 spiro atoms. The van der Waals surface area contributed by atoms with Gasteiger partial charge < -0.3 is 15.2 Å². The number of azo groups is 4. The van der Waals surface area contributed by atoms with Gasteiger partial charge in [0.25, 0.3) is 38.8 Å². The van der Waals surface area contributed by atoms with Gasteiger partial charge in [0.15, 0.2) is 33.4 Å². The SMILES string of the molecule is CCNC(=O)c1cc(N=Nc2nc(S(C)(=O)=O)ns2)c2ccccc2c1O.CCSc1nnc(N=Nc2c(-c3ccccc3Cl)[nH]n3nc(C(C)C)nc23)s1.CCSc1nsc(N=Nc2c(C(C)(C)C)[nH]n3nc(C(C)C)nc23)n1.[C-]#[N+]C1=C(C)C(N=Nc2nncs2)C(=O)N(c2ccc(C(=O)OCC)cc2)C1=O. The number of H-pyrrole nitrogens is 2. The number of benzene rings is 4. The van der Waals surface area contributed by atoms with Gasteiger partial charge in [0.05, 0.1) is 52.1 Å². The molecule has 0 bridgehead atoms. The molecule has 0 fully saturated rings. The number of fused-ring (bicyclic) bond motifs is 3. The van der Waals surface area contributed by atoms with Crippen molar-refractivity contribution in [3.8, 4) is 17.0 Å². The molecule has 0 aliphatic carbocycles. The average Bonchev–Trinajstić information content (AvgIpc) is 1.76. The van der Waals surface area contributed by atoms with Gasteiger partial charge in [0.2, 0.25) is 36.6 Å². The summed E-state index contributed by atoms with van der Waals surface area (Å²) < 4.78 is 40.0. The summed E-state index contributed by atoms with van der Waals surface area (Å²) in [6.07, 6.45) is 1.00. The molecule has 35 nitrogen and oxygen atoms in total. The minimum Gasteiger partial charge on any atom is -0.506 e. The number of halogens is 1. The van der Waals surface area contributed by atoms with Crippen LogP contribution in [0.15, 0.2) is 151 Å². The number of aromatic nitrogens is 16. The zero-order chi connectivity index (χ0) is 78.4. The van der Waals surface area contributed by atoms with Crippen molar-refractivity contribution in [2.75, 3.05) is 35.8 Å². The van der Waals surface area contributed by atoms with Crippen molar-refractivity contribution in [3.05, 3.63) is 141 Å². The number of esters is 1. The first-order valence-electron chi connectivity index (χ1n) is 33.0. The fourth-order valence-corrected chi connectivity index (χ4v) is 14.4. The Morgan fingerprint density at radius 2 is 1.40 bits per heavy atom. The van der Waals surface area contributed by atoms with Gasteiger partial charge >= 0.3 is 5.97 Å². The Bertz CT molecular complexity index is 5630. The Balaban J connectivity index is 0.000000155. The number of hydrogen-bond acceptors (Lipinski definition) is 34. The molecule has 564 valence electrons. The number of ether oxygens (including phenoxy) is 1. The molecule has 3 amide bonds. The summed E-state index contributed by atoms with van der Waals surface area (Å²) in [5.41, 5.74) is 7.19. The number of rotatable bonds is 21. The van der Waals surface area contributed by atoms with Crippen LogP contribution in [0.2, 0.25) is 5.02 Å². The Hall–Kier alpha value is -10.8. The van der Waals surface area contributed by atoms with Crippen LogP contribution >= 0.6 is 80.9 Å². The third-order valence-electron chi connectivity index (χ3n) is 14.9. The van der Waals surface area contributed by atoms with E-state index < -0.39 is 39.6 Å². The highest BCUT2D eigenvalue weighted by Crippen LogP contribution is 2.41. The van der Waals surface area contributed by atoms with Crippen molar-refractivity contribution in [1.29, 1.82) is 0 Å². The summed E-state index contributed by atoms with van der Waals surface area (Å²) in [5, 5.41) is 80.9. The highest BCUT2D eigenvalue weighted by Gasteiger charge is 2.41. The highest BCUT2D eigenvalue weighted by molar-refractivity contribution is 8.01. The standard InChI is InChI=1S/C18H14N6O4S.C17H17ClN8S2.C16H15N5O4S2.C15H22N8S2/c1-4-28-17(27)11-5-7-12(8-6-11)24-15(25)13(19-3)10(2)14(16(24)26)21-23-18-22-20-9-29-18;1-4-27-17-23-22-16(28-17)21-20-13-12(10-7-5-6-8-11(10)18)24-26-15(13)19-14(25-26)9(2)3;1-3-17-14(23)11-8-12(9-6-4-5-7-10(9)13(11)22)19-20-15-18-16(21-26-15)27(2,24)25;1-7-24-14-17-13(25-22-14)19-18-9-10(15(4,5)6)20-23-12(9)16-11(21-23)8(2)3/h5-9,14H,4H2,1-2H3;5-9,24H,4H2,1-3H3;4-8,22H,3H2,1-2H3,(H,17,23);8,20H,7H2,1-6H3. The van der Waals surface area contributed by atoms with Crippen LogP contribution in [-0.4, -0.2) is 153 Å². The number of imide groups is 1. The molecular formula is C66H68ClN27O8S7. The van der Waals surface area contributed by atoms with Gasteiger partial charge in [0.1, 0.15) is 11.3 Å². The molecule has 1 aliphatic rings. The maximum atomic E-state index is 13.0. The Morgan fingerprint density at radius 1 is 0.771 bits per heavy atom. The number of nitrogens with one attached hydrogen (secondary N) is 3. The first-order chi connectivity index (χ1) is 52.1. The summed E-state index contributed by atoms with van der Waals surface area (Å²) in [6.45, 7) is 31.6. The molecule has 13 rings (SSSR count). The van der Waals surface area contributed by atoms with Crippen LogP contribution in [0.1, 0.15) is 133 Å². The van der Waals surface area contributed by atoms with E-state index in [2.05, 4.69) is 169 Å². The van der Waals surface area contributed by atoms with Gasteiger partial charge in [0, 0.05) is 69.5 Å². The molecule has 8 aromatic heterocycles. The van der Waals surface area contributed by atoms with E-state index >= 15 is 0 Å². The lowest BCUT2D eigenvalue weighted by molar-refractivity contribution is -0.126. The van der Waals surface area contributed by atoms with Gasteiger partial charge in [-0.05, 0) is 67.3 Å². The third kappa shape index (κ3) is 19.4. The van der Waals surface area contributed by atoms with Crippen LogP contribution in [0, 0.1) is 6.57 Å². The molecular weight excluding hydrogens is 1560 g/mol. The molecule has 1 atom stereocenters. The number of anilines is 1. The normalized spacial score (nSPS) is 13.5. The summed E-state index contributed by atoms with van der Waals surface area (Å²) in [7, 11) is -3.53. The topological polar surface area (TPSA) is 445 Å². The largest absolute Gasteiger partial charge is 0.506 e. The first-order valence-corrected chi connectivity index (χ1v) is 40.5. The number of carbonyl (C=O) groups is 4. The van der Waals surface area contributed by atoms with E-state index in [4.69, 9.17) is 22.9 Å². The Labute approximate surface area is 651 Å². The van der Waals surface area contributed by atoms with Gasteiger partial charge in [-0.15, -0.1) is 66.4 Å². The molecule has 1 unspecified atom stereocenters. The van der Waals surface area contributed by atoms with Gasteiger partial charge in [-0.1, -0.05) is 170 Å². The zero-order valence-corrected chi connectivity index (χ0v) is 66.9. The van der Waals surface area contributed by atoms with Gasteiger partial charge in [-0.25, -0.2) is 28.0 Å². The number of phenols is 1.